The highest BCUT2D eigenvalue weighted by Gasteiger charge is 2.42. The molecule has 0 saturated carbocycles. The predicted molar refractivity (Wildman–Crippen MR) is 100.0 cm³/mol. The molecular weight excluding hydrogens is 418 g/mol. The van der Waals surface area contributed by atoms with E-state index in [1.165, 1.54) is 23.0 Å². The fraction of sp³-hybridized carbons (Fsp3) is 0.353. The molecule has 0 aliphatic heterocycles. The maximum Gasteiger partial charge on any atom is 0.444 e. The molecule has 0 amide bonds. The summed E-state index contributed by atoms with van der Waals surface area (Å²) in [6.45, 7) is 3.78. The van der Waals surface area contributed by atoms with Gasteiger partial charge in [-0.1, -0.05) is 42.3 Å². The Morgan fingerprint density at radius 3 is 2.57 bits per heavy atom. The van der Waals surface area contributed by atoms with E-state index in [0.29, 0.717) is 28.7 Å². The van der Waals surface area contributed by atoms with Crippen LogP contribution >= 0.6 is 23.2 Å². The summed E-state index contributed by atoms with van der Waals surface area (Å²) in [5.74, 6) is 0.713. The molecule has 150 valence electrons. The quantitative estimate of drug-likeness (QED) is 0.530. The topological polar surface area (TPSA) is 64.3 Å². The second kappa shape index (κ2) is 8.00. The van der Waals surface area contributed by atoms with Gasteiger partial charge in [0.05, 0.1) is 5.69 Å². The first kappa shape index (κ1) is 20.5. The van der Waals surface area contributed by atoms with Gasteiger partial charge in [-0.15, -0.1) is 0 Å². The van der Waals surface area contributed by atoms with Gasteiger partial charge in [-0.05, 0) is 31.0 Å². The molecule has 2 aromatic heterocycles. The van der Waals surface area contributed by atoms with Crippen LogP contribution in [-0.2, 0) is 6.42 Å². The minimum absolute atomic E-state index is 0.210. The summed E-state index contributed by atoms with van der Waals surface area (Å²) in [6, 6.07) is 5.47. The Kier molecular flexibility index (Phi) is 5.85. The Hall–Kier alpha value is -2.26. The molecule has 3 rings (SSSR count). The molecule has 11 heteroatoms. The third-order valence-electron chi connectivity index (χ3n) is 4.01. The molecule has 1 N–H and O–H groups in total. The van der Waals surface area contributed by atoms with Gasteiger partial charge in [-0.3, -0.25) is 0 Å². The highest BCUT2D eigenvalue weighted by molar-refractivity contribution is 6.33. The van der Waals surface area contributed by atoms with Gasteiger partial charge < -0.3 is 10.1 Å². The number of fused-ring (bicyclic) bond motifs is 1. The van der Waals surface area contributed by atoms with E-state index < -0.39 is 11.7 Å². The molecule has 2 atom stereocenters. The molecule has 2 unspecified atom stereocenters. The fourth-order valence-corrected chi connectivity index (χ4v) is 2.90. The second-order valence-electron chi connectivity index (χ2n) is 5.95. The lowest BCUT2D eigenvalue weighted by Crippen LogP contribution is -2.32. The standard InChI is InChI=1S/C17H16Cl2F3N5O/c1-3-12-13(18)14(27-16(26-12)23-8-24-27)25-9(2)10-4-6-11(7-5-10)28-17(21,22)15(19)20/h4-9,15,25H,3H2,1-2H3. The number of nitrogens with one attached hydrogen (secondary N) is 1. The maximum atomic E-state index is 13.2. The molecule has 0 bridgehead atoms. The average molecular weight is 434 g/mol. The van der Waals surface area contributed by atoms with Crippen molar-refractivity contribution >= 4 is 34.8 Å². The minimum Gasteiger partial charge on any atom is -0.429 e. The third kappa shape index (κ3) is 4.10. The van der Waals surface area contributed by atoms with Crippen LogP contribution in [0.5, 0.6) is 5.75 Å². The van der Waals surface area contributed by atoms with Gasteiger partial charge in [0, 0.05) is 6.04 Å². The number of aromatic nitrogens is 4. The Bertz CT molecular complexity index is 965. The van der Waals surface area contributed by atoms with Crippen LogP contribution < -0.4 is 10.1 Å². The first-order chi connectivity index (χ1) is 13.2. The molecular formula is C17H16Cl2F3N5O. The minimum atomic E-state index is -4.12. The molecule has 1 aromatic carbocycles. The second-order valence-corrected chi connectivity index (χ2v) is 6.71. The first-order valence-electron chi connectivity index (χ1n) is 8.32. The molecule has 28 heavy (non-hydrogen) atoms. The Balaban J connectivity index is 1.82. The molecule has 0 fully saturated rings. The molecule has 2 heterocycles. The number of alkyl halides is 4. The number of aryl methyl sites for hydroxylation is 1. The molecule has 0 aliphatic rings. The number of ether oxygens (including phenoxy) is 1. The van der Waals surface area contributed by atoms with E-state index in [9.17, 15) is 13.2 Å². The van der Waals surface area contributed by atoms with E-state index in [1.807, 2.05) is 13.8 Å². The highest BCUT2D eigenvalue weighted by Crippen LogP contribution is 2.31. The molecule has 3 aromatic rings. The number of halogens is 5. The molecule has 0 radical (unpaired) electrons. The normalized spacial score (nSPS) is 14.1. The van der Waals surface area contributed by atoms with Gasteiger partial charge in [0.25, 0.3) is 11.4 Å². The van der Waals surface area contributed by atoms with Gasteiger partial charge in [-0.25, -0.2) is 9.37 Å². The number of nitrogens with zero attached hydrogens (tertiary/aromatic N) is 4. The van der Waals surface area contributed by atoms with Crippen molar-refractivity contribution < 1.29 is 17.9 Å². The van der Waals surface area contributed by atoms with E-state index in [0.717, 1.165) is 5.56 Å². The van der Waals surface area contributed by atoms with E-state index in [4.69, 9.17) is 23.2 Å². The number of anilines is 1. The molecule has 0 aliphatic carbocycles. The number of hydrogen-bond donors (Lipinski definition) is 1. The largest absolute Gasteiger partial charge is 0.444 e. The third-order valence-corrected chi connectivity index (χ3v) is 4.67. The van der Waals surface area contributed by atoms with Crippen LogP contribution in [0.3, 0.4) is 0 Å². The van der Waals surface area contributed by atoms with E-state index in [-0.39, 0.29) is 11.8 Å². The fourth-order valence-electron chi connectivity index (χ4n) is 2.54. The van der Waals surface area contributed by atoms with E-state index in [2.05, 4.69) is 25.1 Å². The van der Waals surface area contributed by atoms with Crippen LogP contribution in [0, 0.1) is 0 Å². The van der Waals surface area contributed by atoms with Crippen LogP contribution in [0.2, 0.25) is 5.02 Å². The summed E-state index contributed by atoms with van der Waals surface area (Å²) in [4.78, 5) is 8.42. The zero-order chi connectivity index (χ0) is 20.5. The molecule has 0 spiro atoms. The number of hydrogen-bond acceptors (Lipinski definition) is 5. The number of rotatable bonds is 7. The van der Waals surface area contributed by atoms with Crippen LogP contribution in [0.1, 0.15) is 31.1 Å². The van der Waals surface area contributed by atoms with Crippen LogP contribution in [0.4, 0.5) is 19.0 Å². The van der Waals surface area contributed by atoms with Crippen molar-refractivity contribution in [3.8, 4) is 5.75 Å². The summed E-state index contributed by atoms with van der Waals surface area (Å²) in [5.41, 5.74) is -1.53. The summed E-state index contributed by atoms with van der Waals surface area (Å²) in [5, 5.41) is 7.77. The smallest absolute Gasteiger partial charge is 0.429 e. The van der Waals surface area contributed by atoms with Gasteiger partial charge in [0.15, 0.2) is 5.82 Å². The lowest BCUT2D eigenvalue weighted by atomic mass is 10.1. The molecule has 0 saturated heterocycles. The lowest BCUT2D eigenvalue weighted by molar-refractivity contribution is -0.199. The summed E-state index contributed by atoms with van der Waals surface area (Å²) in [7, 11) is 0. The van der Waals surface area contributed by atoms with Gasteiger partial charge >= 0.3 is 6.11 Å². The van der Waals surface area contributed by atoms with E-state index in [1.54, 1.807) is 12.1 Å². The zero-order valence-corrected chi connectivity index (χ0v) is 16.3. The highest BCUT2D eigenvalue weighted by atomic mass is 35.5. The lowest BCUT2D eigenvalue weighted by Gasteiger charge is -2.20. The summed E-state index contributed by atoms with van der Waals surface area (Å²) < 4.78 is 44.9. The summed E-state index contributed by atoms with van der Waals surface area (Å²) in [6.07, 6.45) is -2.14. The van der Waals surface area contributed by atoms with Crippen LogP contribution in [0.15, 0.2) is 30.6 Å². The zero-order valence-electron chi connectivity index (χ0n) is 14.8. The predicted octanol–water partition coefficient (Wildman–Crippen LogP) is 5.02. The van der Waals surface area contributed by atoms with Crippen molar-refractivity contribution in [2.75, 3.05) is 5.32 Å². The van der Waals surface area contributed by atoms with Crippen molar-refractivity contribution in [2.24, 2.45) is 0 Å². The van der Waals surface area contributed by atoms with Gasteiger partial charge in [0.2, 0.25) is 0 Å². The summed E-state index contributed by atoms with van der Waals surface area (Å²) >= 11 is 11.2. The number of benzene rings is 1. The van der Waals surface area contributed by atoms with Crippen molar-refractivity contribution in [3.63, 3.8) is 0 Å². The average Bonchev–Trinajstić information content (AvgIpc) is 3.12. The maximum absolute atomic E-state index is 13.2. The Morgan fingerprint density at radius 1 is 1.29 bits per heavy atom. The first-order valence-corrected chi connectivity index (χ1v) is 9.14. The monoisotopic (exact) mass is 433 g/mol. The van der Waals surface area contributed by atoms with Gasteiger partial charge in [-0.2, -0.15) is 23.4 Å². The van der Waals surface area contributed by atoms with Gasteiger partial charge in [0.1, 0.15) is 17.1 Å². The Morgan fingerprint density at radius 2 is 1.96 bits per heavy atom. The SMILES string of the molecule is CCc1nc2ncnn2c(NC(C)c2ccc(OC(F)(F)C(F)Cl)cc2)c1Cl. The van der Waals surface area contributed by atoms with Crippen molar-refractivity contribution in [1.82, 2.24) is 19.6 Å². The molecule has 6 nitrogen and oxygen atoms in total. The van der Waals surface area contributed by atoms with Crippen molar-refractivity contribution in [3.05, 3.63) is 46.9 Å². The van der Waals surface area contributed by atoms with Crippen molar-refractivity contribution in [2.45, 2.75) is 38.0 Å². The van der Waals surface area contributed by atoms with Crippen LogP contribution in [-0.4, -0.2) is 31.3 Å². The Labute approximate surface area is 168 Å². The van der Waals surface area contributed by atoms with Crippen molar-refractivity contribution in [1.29, 1.82) is 0 Å². The van der Waals surface area contributed by atoms with E-state index >= 15 is 0 Å². The van der Waals surface area contributed by atoms with Crippen LogP contribution in [0.25, 0.3) is 5.78 Å².